The third-order valence-electron chi connectivity index (χ3n) is 6.42. The van der Waals surface area contributed by atoms with Crippen LogP contribution in [0.25, 0.3) is 11.8 Å². The van der Waals surface area contributed by atoms with Crippen LogP contribution in [0, 0.1) is 13.8 Å². The predicted octanol–water partition coefficient (Wildman–Crippen LogP) is 4.36. The molecule has 3 heterocycles. The number of barbiturate groups is 1. The van der Waals surface area contributed by atoms with Crippen molar-refractivity contribution in [2.45, 2.75) is 13.8 Å². The molecule has 2 fully saturated rings. The zero-order valence-corrected chi connectivity index (χ0v) is 21.5. The van der Waals surface area contributed by atoms with Crippen LogP contribution in [0.5, 0.6) is 0 Å². The van der Waals surface area contributed by atoms with Crippen LogP contribution >= 0.6 is 15.9 Å². The summed E-state index contributed by atoms with van der Waals surface area (Å²) in [5.41, 5.74) is 4.97. The Balaban J connectivity index is 1.46. The highest BCUT2D eigenvalue weighted by molar-refractivity contribution is 9.10. The maximum atomic E-state index is 13.3. The van der Waals surface area contributed by atoms with Crippen LogP contribution in [0.15, 0.2) is 64.6 Å². The number of hydrogen-bond donors (Lipinski definition) is 1. The fourth-order valence-corrected chi connectivity index (χ4v) is 5.01. The zero-order valence-electron chi connectivity index (χ0n) is 20.0. The Labute approximate surface area is 217 Å². The number of carbonyl (C=O) groups excluding carboxylic acids is 3. The molecule has 0 spiro atoms. The molecule has 5 rings (SSSR count). The van der Waals surface area contributed by atoms with Crippen molar-refractivity contribution in [2.75, 3.05) is 36.1 Å². The van der Waals surface area contributed by atoms with Crippen molar-refractivity contribution in [3.05, 3.63) is 81.6 Å². The van der Waals surface area contributed by atoms with Gasteiger partial charge in [-0.15, -0.1) is 0 Å². The van der Waals surface area contributed by atoms with Crippen LogP contribution in [0.4, 0.5) is 16.2 Å². The number of aromatic nitrogens is 1. The van der Waals surface area contributed by atoms with Crippen molar-refractivity contribution in [2.24, 2.45) is 0 Å². The number of nitrogens with zero attached hydrogens (tertiary/aromatic N) is 3. The number of halogens is 1. The third kappa shape index (κ3) is 4.47. The average Bonchev–Trinajstić information content (AvgIpc) is 3.15. The first kappa shape index (κ1) is 24.0. The number of carbonyl (C=O) groups is 3. The van der Waals surface area contributed by atoms with Gasteiger partial charge in [0.2, 0.25) is 0 Å². The summed E-state index contributed by atoms with van der Waals surface area (Å²) < 4.78 is 8.24. The number of rotatable bonds is 4. The number of nitrogens with one attached hydrogen (secondary N) is 1. The Morgan fingerprint density at radius 3 is 2.31 bits per heavy atom. The molecular weight excluding hydrogens is 524 g/mol. The molecule has 0 atom stereocenters. The van der Waals surface area contributed by atoms with Crippen LogP contribution in [0.3, 0.4) is 0 Å². The summed E-state index contributed by atoms with van der Waals surface area (Å²) in [6, 6.07) is 16.3. The van der Waals surface area contributed by atoms with Crippen LogP contribution in [-0.4, -0.2) is 48.7 Å². The topological polar surface area (TPSA) is 83.9 Å². The van der Waals surface area contributed by atoms with Gasteiger partial charge in [0.1, 0.15) is 5.57 Å². The fraction of sp³-hybridized carbons (Fsp3) is 0.222. The van der Waals surface area contributed by atoms with Gasteiger partial charge in [-0.05, 0) is 74.0 Å². The first-order valence-electron chi connectivity index (χ1n) is 11.6. The summed E-state index contributed by atoms with van der Waals surface area (Å²) in [4.78, 5) is 41.7. The standard InChI is InChI=1S/C27H25BrN4O4/c1-17-14-19(18(2)31(17)22-8-6-21(7-9-22)30-10-12-36-13-11-30)15-24-25(33)29-27(35)32(26(24)34)23-5-3-4-20(28)16-23/h3-9,14-16H,10-13H2,1-2H3,(H,29,33,35)/b24-15+. The second kappa shape index (κ2) is 9.75. The van der Waals surface area contributed by atoms with Gasteiger partial charge in [-0.1, -0.05) is 22.0 Å². The van der Waals surface area contributed by atoms with Crippen molar-refractivity contribution < 1.29 is 19.1 Å². The van der Waals surface area contributed by atoms with Gasteiger partial charge < -0.3 is 14.2 Å². The molecule has 1 aromatic heterocycles. The van der Waals surface area contributed by atoms with E-state index in [1.165, 1.54) is 0 Å². The SMILES string of the molecule is Cc1cc(/C=C2\C(=O)NC(=O)N(c3cccc(Br)c3)C2=O)c(C)n1-c1ccc(N2CCOCC2)cc1. The van der Waals surface area contributed by atoms with Crippen molar-refractivity contribution in [3.8, 4) is 5.69 Å². The molecule has 3 aromatic rings. The average molecular weight is 549 g/mol. The van der Waals surface area contributed by atoms with Crippen molar-refractivity contribution in [3.63, 3.8) is 0 Å². The minimum atomic E-state index is -0.772. The number of urea groups is 1. The smallest absolute Gasteiger partial charge is 0.335 e. The number of aryl methyl sites for hydroxylation is 1. The lowest BCUT2D eigenvalue weighted by Gasteiger charge is -2.29. The Kier molecular flexibility index (Phi) is 6.51. The van der Waals surface area contributed by atoms with Crippen LogP contribution < -0.4 is 15.1 Å². The highest BCUT2D eigenvalue weighted by Gasteiger charge is 2.37. The van der Waals surface area contributed by atoms with E-state index in [1.54, 1.807) is 30.3 Å². The lowest BCUT2D eigenvalue weighted by Crippen LogP contribution is -2.54. The van der Waals surface area contributed by atoms with Gasteiger partial charge in [-0.25, -0.2) is 9.69 Å². The summed E-state index contributed by atoms with van der Waals surface area (Å²) in [6.07, 6.45) is 1.55. The minimum Gasteiger partial charge on any atom is -0.378 e. The number of anilines is 2. The third-order valence-corrected chi connectivity index (χ3v) is 6.92. The Hall–Kier alpha value is -3.69. The molecule has 2 aliphatic rings. The van der Waals surface area contributed by atoms with Gasteiger partial charge >= 0.3 is 6.03 Å². The number of ether oxygens (including phenoxy) is 1. The molecule has 36 heavy (non-hydrogen) atoms. The molecule has 2 aromatic carbocycles. The van der Waals surface area contributed by atoms with Gasteiger partial charge in [0.05, 0.1) is 18.9 Å². The van der Waals surface area contributed by atoms with E-state index in [2.05, 4.69) is 55.0 Å². The quantitative estimate of drug-likeness (QED) is 0.387. The van der Waals surface area contributed by atoms with Crippen molar-refractivity contribution in [1.82, 2.24) is 9.88 Å². The molecule has 1 N–H and O–H groups in total. The zero-order chi connectivity index (χ0) is 25.4. The molecule has 184 valence electrons. The summed E-state index contributed by atoms with van der Waals surface area (Å²) in [7, 11) is 0. The van der Waals surface area contributed by atoms with E-state index in [1.807, 2.05) is 19.9 Å². The monoisotopic (exact) mass is 548 g/mol. The first-order chi connectivity index (χ1) is 17.3. The summed E-state index contributed by atoms with van der Waals surface area (Å²) in [5.74, 6) is -1.38. The van der Waals surface area contributed by atoms with E-state index >= 15 is 0 Å². The molecule has 4 amide bonds. The largest absolute Gasteiger partial charge is 0.378 e. The number of amides is 4. The van der Waals surface area contributed by atoms with E-state index in [4.69, 9.17) is 4.74 Å². The van der Waals surface area contributed by atoms with Crippen molar-refractivity contribution in [1.29, 1.82) is 0 Å². The molecule has 0 bridgehead atoms. The number of benzene rings is 2. The maximum Gasteiger partial charge on any atom is 0.335 e. The van der Waals surface area contributed by atoms with E-state index in [9.17, 15) is 14.4 Å². The van der Waals surface area contributed by atoms with Gasteiger partial charge in [0.15, 0.2) is 0 Å². The van der Waals surface area contributed by atoms with Gasteiger partial charge in [-0.2, -0.15) is 0 Å². The Morgan fingerprint density at radius 1 is 0.917 bits per heavy atom. The Bertz CT molecular complexity index is 1390. The second-order valence-corrected chi connectivity index (χ2v) is 9.63. The lowest BCUT2D eigenvalue weighted by molar-refractivity contribution is -0.122. The maximum absolute atomic E-state index is 13.3. The normalized spacial score (nSPS) is 17.6. The molecule has 9 heteroatoms. The van der Waals surface area contributed by atoms with E-state index in [0.29, 0.717) is 10.2 Å². The first-order valence-corrected chi connectivity index (χ1v) is 12.4. The number of hydrogen-bond acceptors (Lipinski definition) is 5. The van der Waals surface area contributed by atoms with Gasteiger partial charge in [0, 0.05) is 40.3 Å². The Morgan fingerprint density at radius 2 is 1.61 bits per heavy atom. The summed E-state index contributed by atoms with van der Waals surface area (Å²) in [6.45, 7) is 7.12. The molecule has 2 saturated heterocycles. The highest BCUT2D eigenvalue weighted by atomic mass is 79.9. The van der Waals surface area contributed by atoms with Crippen LogP contribution in [0.1, 0.15) is 17.0 Å². The summed E-state index contributed by atoms with van der Waals surface area (Å²) in [5, 5.41) is 2.28. The highest BCUT2D eigenvalue weighted by Crippen LogP contribution is 2.28. The van der Waals surface area contributed by atoms with E-state index in [-0.39, 0.29) is 5.57 Å². The summed E-state index contributed by atoms with van der Waals surface area (Å²) >= 11 is 3.36. The van der Waals surface area contributed by atoms with Crippen molar-refractivity contribution >= 4 is 51.2 Å². The molecule has 8 nitrogen and oxygen atoms in total. The molecule has 0 unspecified atom stereocenters. The number of morpholine rings is 1. The molecular formula is C27H25BrN4O4. The van der Waals surface area contributed by atoms with E-state index < -0.39 is 17.8 Å². The lowest BCUT2D eigenvalue weighted by atomic mass is 10.1. The molecule has 0 radical (unpaired) electrons. The van der Waals surface area contributed by atoms with Gasteiger partial charge in [-0.3, -0.25) is 14.9 Å². The predicted molar refractivity (Wildman–Crippen MR) is 141 cm³/mol. The minimum absolute atomic E-state index is 0.0995. The van der Waals surface area contributed by atoms with Crippen LogP contribution in [-0.2, 0) is 14.3 Å². The molecule has 0 saturated carbocycles. The number of imide groups is 2. The van der Waals surface area contributed by atoms with Crippen LogP contribution in [0.2, 0.25) is 0 Å². The second-order valence-electron chi connectivity index (χ2n) is 8.72. The molecule has 0 aliphatic carbocycles. The molecule has 2 aliphatic heterocycles. The van der Waals surface area contributed by atoms with E-state index in [0.717, 1.165) is 59.5 Å². The fourth-order valence-electron chi connectivity index (χ4n) is 4.63. The van der Waals surface area contributed by atoms with Gasteiger partial charge in [0.25, 0.3) is 11.8 Å².